The second-order valence-corrected chi connectivity index (χ2v) is 8.06. The number of nitrogens with zero attached hydrogens (tertiary/aromatic N) is 3. The van der Waals surface area contributed by atoms with Crippen molar-refractivity contribution in [2.24, 2.45) is 0 Å². The summed E-state index contributed by atoms with van der Waals surface area (Å²) in [5.74, 6) is 0.814. The van der Waals surface area contributed by atoms with Crippen LogP contribution < -0.4 is 10.1 Å². The Bertz CT molecular complexity index is 732. The molecule has 6 heteroatoms. The van der Waals surface area contributed by atoms with E-state index in [0.717, 1.165) is 22.7 Å². The van der Waals surface area contributed by atoms with Crippen molar-refractivity contribution in [3.8, 4) is 5.75 Å². The monoisotopic (exact) mass is 398 g/mol. The standard InChI is InChI=1S/C23H34N4O2/c1-18-12-26-20(15-25-18)14-24-13-19-8-6-7-11-23(19)29-17-22(28)16-27(2)21-9-4-3-5-10-21/h6-8,11-12,15,21-22,24,28H,3-5,9-10,13-14,16-17H2,1-2H3. The Kier molecular flexibility index (Phi) is 8.40. The highest BCUT2D eigenvalue weighted by molar-refractivity contribution is 5.33. The van der Waals surface area contributed by atoms with E-state index < -0.39 is 6.10 Å². The molecule has 3 rings (SSSR count). The zero-order valence-corrected chi connectivity index (χ0v) is 17.7. The number of likely N-dealkylation sites (N-methyl/N-ethyl adjacent to an activating group) is 1. The molecule has 1 saturated carbocycles. The van der Waals surface area contributed by atoms with Gasteiger partial charge in [-0.15, -0.1) is 0 Å². The quantitative estimate of drug-likeness (QED) is 0.641. The molecule has 0 spiro atoms. The van der Waals surface area contributed by atoms with Gasteiger partial charge in [-0.3, -0.25) is 9.97 Å². The molecular formula is C23H34N4O2. The lowest BCUT2D eigenvalue weighted by atomic mass is 9.94. The van der Waals surface area contributed by atoms with E-state index in [-0.39, 0.29) is 0 Å². The van der Waals surface area contributed by atoms with Crippen molar-refractivity contribution in [3.63, 3.8) is 0 Å². The molecule has 1 aliphatic carbocycles. The van der Waals surface area contributed by atoms with Crippen LogP contribution in [0, 0.1) is 6.92 Å². The topological polar surface area (TPSA) is 70.5 Å². The molecule has 0 aliphatic heterocycles. The minimum atomic E-state index is -0.495. The molecule has 158 valence electrons. The maximum absolute atomic E-state index is 10.5. The second-order valence-electron chi connectivity index (χ2n) is 8.06. The van der Waals surface area contributed by atoms with Gasteiger partial charge in [-0.1, -0.05) is 37.5 Å². The Labute approximate surface area is 174 Å². The lowest BCUT2D eigenvalue weighted by Gasteiger charge is -2.32. The fraction of sp³-hybridized carbons (Fsp3) is 0.565. The van der Waals surface area contributed by atoms with Crippen LogP contribution in [-0.4, -0.2) is 52.3 Å². The van der Waals surface area contributed by atoms with Crippen LogP contribution in [0.4, 0.5) is 0 Å². The summed E-state index contributed by atoms with van der Waals surface area (Å²) in [5.41, 5.74) is 2.90. The van der Waals surface area contributed by atoms with Gasteiger partial charge in [0.05, 0.1) is 11.4 Å². The molecule has 2 N–H and O–H groups in total. The molecule has 1 aromatic heterocycles. The number of ether oxygens (including phenoxy) is 1. The number of para-hydroxylation sites is 1. The Balaban J connectivity index is 1.45. The minimum Gasteiger partial charge on any atom is -0.491 e. The number of aromatic nitrogens is 2. The highest BCUT2D eigenvalue weighted by atomic mass is 16.5. The molecular weight excluding hydrogens is 364 g/mol. The van der Waals surface area contributed by atoms with Gasteiger partial charge < -0.3 is 20.1 Å². The predicted molar refractivity (Wildman–Crippen MR) is 115 cm³/mol. The van der Waals surface area contributed by atoms with E-state index >= 15 is 0 Å². The Morgan fingerprint density at radius 3 is 2.69 bits per heavy atom. The normalized spacial score (nSPS) is 16.1. The van der Waals surface area contributed by atoms with E-state index in [1.54, 1.807) is 12.4 Å². The van der Waals surface area contributed by atoms with Crippen LogP contribution in [0.3, 0.4) is 0 Å². The lowest BCUT2D eigenvalue weighted by molar-refractivity contribution is 0.0558. The predicted octanol–water partition coefficient (Wildman–Crippen LogP) is 3.08. The van der Waals surface area contributed by atoms with Crippen LogP contribution in [0.15, 0.2) is 36.7 Å². The zero-order valence-electron chi connectivity index (χ0n) is 17.7. The van der Waals surface area contributed by atoms with E-state index in [9.17, 15) is 5.11 Å². The largest absolute Gasteiger partial charge is 0.491 e. The maximum Gasteiger partial charge on any atom is 0.123 e. The highest BCUT2D eigenvalue weighted by Gasteiger charge is 2.20. The number of aryl methyl sites for hydroxylation is 1. The summed E-state index contributed by atoms with van der Waals surface area (Å²) in [6, 6.07) is 8.57. The summed E-state index contributed by atoms with van der Waals surface area (Å²) in [7, 11) is 2.12. The van der Waals surface area contributed by atoms with Crippen LogP contribution in [0.5, 0.6) is 5.75 Å². The average Bonchev–Trinajstić information content (AvgIpc) is 2.75. The van der Waals surface area contributed by atoms with Crippen molar-refractivity contribution in [1.29, 1.82) is 0 Å². The number of hydrogen-bond donors (Lipinski definition) is 2. The maximum atomic E-state index is 10.5. The average molecular weight is 399 g/mol. The number of aliphatic hydroxyl groups is 1. The molecule has 0 amide bonds. The van der Waals surface area contributed by atoms with Crippen molar-refractivity contribution in [2.75, 3.05) is 20.2 Å². The van der Waals surface area contributed by atoms with E-state index in [0.29, 0.717) is 32.3 Å². The van der Waals surface area contributed by atoms with Gasteiger partial charge in [-0.2, -0.15) is 0 Å². The van der Waals surface area contributed by atoms with Gasteiger partial charge in [0, 0.05) is 43.6 Å². The van der Waals surface area contributed by atoms with Gasteiger partial charge in [-0.25, -0.2) is 0 Å². The number of nitrogens with one attached hydrogen (secondary N) is 1. The minimum absolute atomic E-state index is 0.303. The van der Waals surface area contributed by atoms with Crippen molar-refractivity contribution in [2.45, 2.75) is 64.3 Å². The van der Waals surface area contributed by atoms with Crippen molar-refractivity contribution in [1.82, 2.24) is 20.2 Å². The molecule has 6 nitrogen and oxygen atoms in total. The Morgan fingerprint density at radius 1 is 1.14 bits per heavy atom. The first-order chi connectivity index (χ1) is 14.1. The fourth-order valence-corrected chi connectivity index (χ4v) is 3.87. The van der Waals surface area contributed by atoms with E-state index in [1.165, 1.54) is 32.1 Å². The van der Waals surface area contributed by atoms with Gasteiger partial charge in [0.25, 0.3) is 0 Å². The summed E-state index contributed by atoms with van der Waals surface area (Å²) < 4.78 is 5.96. The fourth-order valence-electron chi connectivity index (χ4n) is 3.87. The molecule has 1 fully saturated rings. The van der Waals surface area contributed by atoms with E-state index in [2.05, 4.69) is 27.2 Å². The molecule has 0 bridgehead atoms. The Morgan fingerprint density at radius 2 is 1.93 bits per heavy atom. The van der Waals surface area contributed by atoms with Crippen molar-refractivity contribution < 1.29 is 9.84 Å². The van der Waals surface area contributed by atoms with Gasteiger partial charge >= 0.3 is 0 Å². The first-order valence-electron chi connectivity index (χ1n) is 10.7. The third-order valence-electron chi connectivity index (χ3n) is 5.56. The first kappa shape index (κ1) is 21.7. The molecule has 1 heterocycles. The zero-order chi connectivity index (χ0) is 20.5. The van der Waals surface area contributed by atoms with Crippen LogP contribution in [-0.2, 0) is 13.1 Å². The summed E-state index contributed by atoms with van der Waals surface area (Å²) in [4.78, 5) is 10.9. The molecule has 1 atom stereocenters. The number of benzene rings is 1. The van der Waals surface area contributed by atoms with Crippen LogP contribution in [0.25, 0.3) is 0 Å². The smallest absolute Gasteiger partial charge is 0.123 e. The molecule has 0 saturated heterocycles. The summed E-state index contributed by atoms with van der Waals surface area (Å²) in [5, 5.41) is 13.8. The summed E-state index contributed by atoms with van der Waals surface area (Å²) in [6.07, 6.45) is 9.51. The SMILES string of the molecule is Cc1cnc(CNCc2ccccc2OCC(O)CN(C)C2CCCCC2)cn1. The van der Waals surface area contributed by atoms with Crippen LogP contribution >= 0.6 is 0 Å². The van der Waals surface area contributed by atoms with Gasteiger partial charge in [0.15, 0.2) is 0 Å². The van der Waals surface area contributed by atoms with Gasteiger partial charge in [0.1, 0.15) is 18.5 Å². The number of hydrogen-bond acceptors (Lipinski definition) is 6. The molecule has 2 aromatic rings. The number of rotatable bonds is 10. The van der Waals surface area contributed by atoms with E-state index in [1.807, 2.05) is 31.2 Å². The Hall–Kier alpha value is -2.02. The molecule has 29 heavy (non-hydrogen) atoms. The molecule has 1 aliphatic rings. The van der Waals surface area contributed by atoms with Gasteiger partial charge in [0.2, 0.25) is 0 Å². The van der Waals surface area contributed by atoms with E-state index in [4.69, 9.17) is 4.74 Å². The third kappa shape index (κ3) is 7.07. The van der Waals surface area contributed by atoms with Gasteiger partial charge in [-0.05, 0) is 32.9 Å². The third-order valence-corrected chi connectivity index (χ3v) is 5.56. The van der Waals surface area contributed by atoms with Crippen LogP contribution in [0.1, 0.15) is 49.1 Å². The first-order valence-corrected chi connectivity index (χ1v) is 10.7. The number of aliphatic hydroxyl groups excluding tert-OH is 1. The molecule has 0 radical (unpaired) electrons. The van der Waals surface area contributed by atoms with Crippen molar-refractivity contribution >= 4 is 0 Å². The summed E-state index contributed by atoms with van der Waals surface area (Å²) in [6.45, 7) is 4.20. The van der Waals surface area contributed by atoms with Crippen LogP contribution in [0.2, 0.25) is 0 Å². The lowest BCUT2D eigenvalue weighted by Crippen LogP contribution is -2.40. The summed E-state index contributed by atoms with van der Waals surface area (Å²) >= 11 is 0. The second kappa shape index (κ2) is 11.2. The highest BCUT2D eigenvalue weighted by Crippen LogP contribution is 2.22. The molecule has 1 unspecified atom stereocenters. The molecule has 1 aromatic carbocycles. The van der Waals surface area contributed by atoms with Crippen molar-refractivity contribution in [3.05, 3.63) is 53.6 Å².